The summed E-state index contributed by atoms with van der Waals surface area (Å²) in [6.45, 7) is 2.94. The van der Waals surface area contributed by atoms with E-state index in [9.17, 15) is 13.6 Å². The van der Waals surface area contributed by atoms with Gasteiger partial charge < -0.3 is 10.6 Å². The molecule has 3 aliphatic rings. The molecule has 2 N–H and O–H groups in total. The van der Waals surface area contributed by atoms with Gasteiger partial charge in [0.15, 0.2) is 5.81 Å². The first-order valence-corrected chi connectivity index (χ1v) is 10.2. The molecule has 1 amide bonds. The van der Waals surface area contributed by atoms with Crippen LogP contribution in [-0.2, 0) is 5.54 Å². The van der Waals surface area contributed by atoms with Crippen molar-refractivity contribution in [1.82, 2.24) is 4.98 Å². The molecule has 0 spiro atoms. The van der Waals surface area contributed by atoms with Crippen molar-refractivity contribution in [2.45, 2.75) is 50.9 Å². The molecule has 0 saturated heterocycles. The summed E-state index contributed by atoms with van der Waals surface area (Å²) in [6, 6.07) is 11.8. The zero-order chi connectivity index (χ0) is 20.6. The standard InChI is InChI=1S/C22H24BF2N3O/c1-20(12-22(20,24)25)13-28-17-9-8-16(27-18(17)23(2)19(28)29)14-4-6-15(7-5-14)21(26)10-3-11-21/h4-9H,3,10-13,26H2,1-2H3. The van der Waals surface area contributed by atoms with Gasteiger partial charge in [-0.3, -0.25) is 9.78 Å². The summed E-state index contributed by atoms with van der Waals surface area (Å²) < 4.78 is 27.4. The average Bonchev–Trinajstić information content (AvgIpc) is 3.10. The molecule has 0 radical (unpaired) electrons. The van der Waals surface area contributed by atoms with Crippen molar-refractivity contribution < 1.29 is 13.6 Å². The highest BCUT2D eigenvalue weighted by Crippen LogP contribution is 2.60. The highest BCUT2D eigenvalue weighted by molar-refractivity contribution is 7.02. The number of benzene rings is 1. The molecule has 4 nitrogen and oxygen atoms in total. The lowest BCUT2D eigenvalue weighted by Crippen LogP contribution is -2.43. The van der Waals surface area contributed by atoms with Gasteiger partial charge in [0, 0.05) is 29.7 Å². The fourth-order valence-corrected chi connectivity index (χ4v) is 4.59. The molecule has 5 rings (SSSR count). The number of nitrogens with zero attached hydrogens (tertiary/aromatic N) is 2. The van der Waals surface area contributed by atoms with E-state index in [4.69, 9.17) is 10.7 Å². The van der Waals surface area contributed by atoms with Gasteiger partial charge >= 0.3 is 6.71 Å². The number of halogens is 2. The van der Waals surface area contributed by atoms with E-state index in [-0.39, 0.29) is 24.3 Å². The molecule has 2 aromatic rings. The van der Waals surface area contributed by atoms with Crippen LogP contribution in [0.1, 0.15) is 38.2 Å². The molecule has 150 valence electrons. The predicted octanol–water partition coefficient (Wildman–Crippen LogP) is 3.99. The molecule has 1 aromatic heterocycles. The van der Waals surface area contributed by atoms with Crippen LogP contribution in [0.4, 0.5) is 19.3 Å². The monoisotopic (exact) mass is 395 g/mol. The minimum absolute atomic E-state index is 0.0322. The molecule has 1 aromatic carbocycles. The van der Waals surface area contributed by atoms with E-state index >= 15 is 0 Å². The SMILES string of the molecule is CB1C(=O)N(CC2(C)CC2(F)F)c2ccc(-c3ccc(C4(N)CCC4)cc3)nc21. The van der Waals surface area contributed by atoms with Crippen molar-refractivity contribution in [1.29, 1.82) is 0 Å². The lowest BCUT2D eigenvalue weighted by molar-refractivity contribution is 0.0728. The van der Waals surface area contributed by atoms with E-state index in [2.05, 4.69) is 12.1 Å². The maximum absolute atomic E-state index is 13.7. The van der Waals surface area contributed by atoms with Crippen LogP contribution in [0.2, 0.25) is 6.82 Å². The van der Waals surface area contributed by atoms with Crippen molar-refractivity contribution in [2.75, 3.05) is 11.4 Å². The summed E-state index contributed by atoms with van der Waals surface area (Å²) in [5, 5.41) is 0. The quantitative estimate of drug-likeness (QED) is 0.797. The van der Waals surface area contributed by atoms with Crippen molar-refractivity contribution >= 4 is 23.8 Å². The third-order valence-corrected chi connectivity index (χ3v) is 7.12. The van der Waals surface area contributed by atoms with Crippen LogP contribution in [0.25, 0.3) is 11.3 Å². The van der Waals surface area contributed by atoms with Gasteiger partial charge in [-0.25, -0.2) is 8.78 Å². The Labute approximate surface area is 169 Å². The second-order valence-corrected chi connectivity index (χ2v) is 9.28. The molecule has 2 saturated carbocycles. The van der Waals surface area contributed by atoms with Crippen LogP contribution < -0.4 is 16.2 Å². The minimum atomic E-state index is -2.70. The molecular weight excluding hydrogens is 371 g/mol. The molecule has 2 aliphatic carbocycles. The summed E-state index contributed by atoms with van der Waals surface area (Å²) in [6.07, 6.45) is 3.01. The number of rotatable bonds is 4. The summed E-state index contributed by atoms with van der Waals surface area (Å²) in [7, 11) is 0. The maximum atomic E-state index is 13.7. The van der Waals surface area contributed by atoms with E-state index in [0.717, 1.165) is 36.1 Å². The number of alkyl halides is 2. The van der Waals surface area contributed by atoms with Crippen LogP contribution in [0.15, 0.2) is 36.4 Å². The number of hydrogen-bond donors (Lipinski definition) is 1. The summed E-state index contributed by atoms with van der Waals surface area (Å²) in [4.78, 5) is 19.0. The van der Waals surface area contributed by atoms with Crippen LogP contribution >= 0.6 is 0 Å². The summed E-state index contributed by atoms with van der Waals surface area (Å²) in [5.74, 6) is -2.85. The first-order chi connectivity index (χ1) is 13.6. The molecule has 1 unspecified atom stereocenters. The number of nitrogens with two attached hydrogens (primary N) is 1. The van der Waals surface area contributed by atoms with Crippen LogP contribution in [0.3, 0.4) is 0 Å². The van der Waals surface area contributed by atoms with Gasteiger partial charge in [0.1, 0.15) is 0 Å². The van der Waals surface area contributed by atoms with Gasteiger partial charge in [-0.15, -0.1) is 0 Å². The number of aromatic nitrogens is 1. The van der Waals surface area contributed by atoms with Gasteiger partial charge in [0.05, 0.1) is 16.8 Å². The molecule has 0 bridgehead atoms. The molecular formula is C22H24BF2N3O. The number of amides is 1. The highest BCUT2D eigenvalue weighted by Gasteiger charge is 2.69. The number of fused-ring (bicyclic) bond motifs is 1. The molecule has 2 heterocycles. The Morgan fingerprint density at radius 2 is 1.83 bits per heavy atom. The Hall–Kier alpha value is -2.28. The normalized spacial score (nSPS) is 26.3. The third-order valence-electron chi connectivity index (χ3n) is 7.12. The zero-order valence-corrected chi connectivity index (χ0v) is 16.7. The molecule has 2 fully saturated rings. The van der Waals surface area contributed by atoms with Crippen LogP contribution in [0.5, 0.6) is 0 Å². The maximum Gasteiger partial charge on any atom is 0.307 e. The van der Waals surface area contributed by atoms with Crippen molar-refractivity contribution in [3.05, 3.63) is 42.0 Å². The fraction of sp³-hybridized carbons (Fsp3) is 0.455. The minimum Gasteiger partial charge on any atom is -0.321 e. The second kappa shape index (κ2) is 5.88. The topological polar surface area (TPSA) is 59.2 Å². The first kappa shape index (κ1) is 18.7. The van der Waals surface area contributed by atoms with E-state index in [0.29, 0.717) is 11.3 Å². The number of carbonyl (C=O) groups excluding carboxylic acids is 1. The Morgan fingerprint density at radius 1 is 1.17 bits per heavy atom. The lowest BCUT2D eigenvalue weighted by atomic mass is 9.50. The Kier molecular flexibility index (Phi) is 3.80. The van der Waals surface area contributed by atoms with Gasteiger partial charge in [0.25, 0.3) is 5.92 Å². The number of carbonyl (C=O) groups is 1. The molecule has 7 heteroatoms. The Morgan fingerprint density at radius 3 is 2.38 bits per heavy atom. The Bertz CT molecular complexity index is 1010. The summed E-state index contributed by atoms with van der Waals surface area (Å²) in [5.41, 5.74) is 9.25. The van der Waals surface area contributed by atoms with Gasteiger partial charge in [-0.2, -0.15) is 0 Å². The predicted molar refractivity (Wildman–Crippen MR) is 111 cm³/mol. The number of anilines is 1. The largest absolute Gasteiger partial charge is 0.321 e. The average molecular weight is 395 g/mol. The number of hydrogen-bond acceptors (Lipinski definition) is 3. The second-order valence-electron chi connectivity index (χ2n) is 9.28. The van der Waals surface area contributed by atoms with E-state index in [1.54, 1.807) is 13.7 Å². The van der Waals surface area contributed by atoms with Crippen molar-refractivity contribution in [2.24, 2.45) is 11.1 Å². The molecule has 1 atom stereocenters. The highest BCUT2D eigenvalue weighted by atomic mass is 19.3. The van der Waals surface area contributed by atoms with Gasteiger partial charge in [-0.1, -0.05) is 38.0 Å². The van der Waals surface area contributed by atoms with Gasteiger partial charge in [-0.05, 0) is 37.0 Å². The fourth-order valence-electron chi connectivity index (χ4n) is 4.59. The summed E-state index contributed by atoms with van der Waals surface area (Å²) >= 11 is 0. The zero-order valence-electron chi connectivity index (χ0n) is 16.7. The van der Waals surface area contributed by atoms with Crippen LogP contribution in [0, 0.1) is 5.41 Å². The third kappa shape index (κ3) is 2.74. The number of pyridine rings is 1. The Balaban J connectivity index is 1.43. The van der Waals surface area contributed by atoms with Crippen molar-refractivity contribution in [3.63, 3.8) is 0 Å². The first-order valence-electron chi connectivity index (χ1n) is 10.2. The lowest BCUT2D eigenvalue weighted by Gasteiger charge is -2.38. The van der Waals surface area contributed by atoms with Gasteiger partial charge in [0.2, 0.25) is 0 Å². The van der Waals surface area contributed by atoms with E-state index < -0.39 is 18.1 Å². The molecule has 29 heavy (non-hydrogen) atoms. The van der Waals surface area contributed by atoms with E-state index in [1.165, 1.54) is 4.90 Å². The van der Waals surface area contributed by atoms with Crippen LogP contribution in [-0.4, -0.2) is 30.0 Å². The van der Waals surface area contributed by atoms with E-state index in [1.807, 2.05) is 24.3 Å². The smallest absolute Gasteiger partial charge is 0.307 e. The molecule has 1 aliphatic heterocycles. The van der Waals surface area contributed by atoms with Crippen molar-refractivity contribution in [3.8, 4) is 11.3 Å².